The van der Waals surface area contributed by atoms with Crippen LogP contribution in [0, 0.1) is 5.92 Å². The van der Waals surface area contributed by atoms with Crippen molar-refractivity contribution in [1.29, 1.82) is 0 Å². The maximum absolute atomic E-state index is 12.9. The molecule has 12 nitrogen and oxygen atoms in total. The molecule has 1 amide bonds. The first-order chi connectivity index (χ1) is 19.3. The normalized spacial score (nSPS) is 21.6. The van der Waals surface area contributed by atoms with Crippen molar-refractivity contribution >= 4 is 49.7 Å². The zero-order valence-corrected chi connectivity index (χ0v) is 23.9. The van der Waals surface area contributed by atoms with E-state index in [1.807, 2.05) is 22.4 Å². The average Bonchev–Trinajstić information content (AvgIpc) is 3.57. The van der Waals surface area contributed by atoms with Crippen molar-refractivity contribution in [3.05, 3.63) is 33.8 Å². The van der Waals surface area contributed by atoms with Gasteiger partial charge in [0, 0.05) is 53.7 Å². The Morgan fingerprint density at radius 1 is 1.18 bits per heavy atom. The third kappa shape index (κ3) is 6.50. The summed E-state index contributed by atoms with van der Waals surface area (Å²) in [6.07, 6.45) is 2.67. The number of hydrogen-bond donors (Lipinski definition) is 7. The van der Waals surface area contributed by atoms with Crippen LogP contribution >= 0.6 is 22.7 Å². The molecule has 1 aliphatic heterocycles. The number of thiophene rings is 2. The number of fused-ring (bicyclic) bond motifs is 1. The van der Waals surface area contributed by atoms with Gasteiger partial charge in [-0.05, 0) is 25.0 Å². The summed E-state index contributed by atoms with van der Waals surface area (Å²) in [6, 6.07) is 5.70. The number of carbonyl (C=O) groups excluding carboxylic acids is 1. The molecule has 2 unspecified atom stereocenters. The van der Waals surface area contributed by atoms with Gasteiger partial charge < -0.3 is 47.6 Å². The molecule has 0 spiro atoms. The number of rotatable bonds is 11. The van der Waals surface area contributed by atoms with Crippen molar-refractivity contribution < 1.29 is 13.9 Å². The molecule has 4 heterocycles. The molecule has 5 rings (SSSR count). The molecule has 1 aliphatic carbocycles. The Kier molecular flexibility index (Phi) is 9.38. The first-order valence-electron chi connectivity index (χ1n) is 13.6. The van der Waals surface area contributed by atoms with Gasteiger partial charge in [0.05, 0.1) is 36.5 Å². The number of primary amides is 1. The Morgan fingerprint density at radius 2 is 1.95 bits per heavy atom. The molecule has 0 radical (unpaired) electrons. The fourth-order valence-electron chi connectivity index (χ4n) is 5.31. The van der Waals surface area contributed by atoms with Gasteiger partial charge in [-0.2, -0.15) is 0 Å². The van der Waals surface area contributed by atoms with E-state index in [-0.39, 0.29) is 17.5 Å². The van der Waals surface area contributed by atoms with Crippen molar-refractivity contribution in [2.45, 2.75) is 50.1 Å². The summed E-state index contributed by atoms with van der Waals surface area (Å²) >= 11 is 2.83. The van der Waals surface area contributed by atoms with Gasteiger partial charge >= 0.3 is 0 Å². The highest BCUT2D eigenvalue weighted by Gasteiger charge is 2.31. The second-order valence-electron chi connectivity index (χ2n) is 10.3. The average molecular weight is 591 g/mol. The highest BCUT2D eigenvalue weighted by atomic mass is 32.1. The Morgan fingerprint density at radius 3 is 2.67 bits per heavy atom. The predicted octanol–water partition coefficient (Wildman–Crippen LogP) is 0.909. The first-order valence-corrected chi connectivity index (χ1v) is 15.3. The third-order valence-electron chi connectivity index (χ3n) is 7.53. The molecule has 1 saturated heterocycles. The number of nitrogens with two attached hydrogens (primary N) is 4. The lowest BCUT2D eigenvalue weighted by Gasteiger charge is -2.33. The lowest BCUT2D eigenvalue weighted by molar-refractivity contribution is -0.123. The zero-order chi connectivity index (χ0) is 28.2. The van der Waals surface area contributed by atoms with Crippen LogP contribution in [0.5, 0.6) is 0 Å². The van der Waals surface area contributed by atoms with E-state index >= 15 is 0 Å². The van der Waals surface area contributed by atoms with Crippen LogP contribution < -0.4 is 49.2 Å². The van der Waals surface area contributed by atoms with Gasteiger partial charge in [0.1, 0.15) is 4.70 Å². The van der Waals surface area contributed by atoms with Gasteiger partial charge in [0.15, 0.2) is 11.5 Å². The smallest absolute Gasteiger partial charge is 0.226 e. The largest absolute Gasteiger partial charge is 0.439 e. The van der Waals surface area contributed by atoms with Gasteiger partial charge in [-0.1, -0.05) is 12.8 Å². The molecule has 0 aromatic carbocycles. The number of ether oxygens (including phenoxy) is 1. The number of morpholine rings is 1. The highest BCUT2D eigenvalue weighted by Crippen LogP contribution is 2.39. The number of hydrogen-bond acceptors (Lipinski definition) is 13. The Hall–Kier alpha value is -2.56. The predicted molar refractivity (Wildman–Crippen MR) is 160 cm³/mol. The van der Waals surface area contributed by atoms with Crippen molar-refractivity contribution in [3.63, 3.8) is 0 Å². The summed E-state index contributed by atoms with van der Waals surface area (Å²) in [5.74, 6) is -0.929. The molecule has 14 heteroatoms. The van der Waals surface area contributed by atoms with E-state index in [4.69, 9.17) is 32.1 Å². The van der Waals surface area contributed by atoms with Crippen molar-refractivity contribution in [3.8, 4) is 10.4 Å². The second kappa shape index (κ2) is 13.0. The summed E-state index contributed by atoms with van der Waals surface area (Å²) in [5, 5.41) is 12.8. The fraction of sp³-hybridized carbons (Fsp3) is 0.538. The summed E-state index contributed by atoms with van der Waals surface area (Å²) in [5.41, 5.74) is 25.2. The van der Waals surface area contributed by atoms with Crippen LogP contribution in [-0.2, 0) is 9.53 Å². The minimum Gasteiger partial charge on any atom is -0.439 e. The molecule has 3 aromatic rings. The van der Waals surface area contributed by atoms with E-state index in [0.717, 1.165) is 41.1 Å². The summed E-state index contributed by atoms with van der Waals surface area (Å²) in [4.78, 5) is 28.1. The molecule has 3 aromatic heterocycles. The van der Waals surface area contributed by atoms with Gasteiger partial charge in [-0.3, -0.25) is 14.9 Å². The Bertz CT molecular complexity index is 1350. The monoisotopic (exact) mass is 590 g/mol. The molecular weight excluding hydrogens is 552 g/mol. The molecule has 2 aliphatic rings. The minimum absolute atomic E-state index is 0.0652. The molecule has 1 saturated carbocycles. The Balaban J connectivity index is 1.35. The van der Waals surface area contributed by atoms with Gasteiger partial charge in [-0.15, -0.1) is 22.7 Å². The third-order valence-corrected chi connectivity index (χ3v) is 9.56. The number of nitrogens with one attached hydrogen (secondary N) is 3. The van der Waals surface area contributed by atoms with Crippen LogP contribution in [-0.4, -0.2) is 63.3 Å². The number of carbonyl (C=O) groups is 1. The van der Waals surface area contributed by atoms with Crippen molar-refractivity contribution in [2.75, 3.05) is 43.2 Å². The van der Waals surface area contributed by atoms with Gasteiger partial charge in [0.2, 0.25) is 11.3 Å². The van der Waals surface area contributed by atoms with Crippen LogP contribution in [0.1, 0.15) is 25.7 Å². The molecule has 0 bridgehead atoms. The number of nitrogens with zero attached hydrogens (tertiary/aromatic N) is 1. The van der Waals surface area contributed by atoms with Gasteiger partial charge in [0.25, 0.3) is 0 Å². The number of amides is 1. The van der Waals surface area contributed by atoms with Crippen LogP contribution in [0.15, 0.2) is 32.8 Å². The Labute approximate surface area is 240 Å². The van der Waals surface area contributed by atoms with Crippen LogP contribution in [0.2, 0.25) is 0 Å². The van der Waals surface area contributed by atoms with E-state index in [1.54, 1.807) is 6.07 Å². The van der Waals surface area contributed by atoms with E-state index < -0.39 is 24.2 Å². The standard InChI is InChI=1S/C26H38N8O4S2/c27-15-3-1-2-4-16(15)31-13-32-26(21(24(28)29)25(30)36)33-19-6-5-18(40-19)14-12-39-23-17(35)11-20(38-22(14)23)34-7-9-37-10-8-34/h5-6,11-12,15-16,21,24,26,31-33H,1-4,7-10,13,27-29H2,(H2,30,36)/t15-,16+,21?,26?/m1/s1. The molecule has 4 atom stereocenters. The molecule has 40 heavy (non-hydrogen) atoms. The van der Waals surface area contributed by atoms with E-state index in [1.165, 1.54) is 22.7 Å². The lowest BCUT2D eigenvalue weighted by Crippen LogP contribution is -2.60. The zero-order valence-electron chi connectivity index (χ0n) is 22.3. The quantitative estimate of drug-likeness (QED) is 0.157. The summed E-state index contributed by atoms with van der Waals surface area (Å²) < 4.78 is 12.3. The maximum atomic E-state index is 12.9. The van der Waals surface area contributed by atoms with Crippen molar-refractivity contribution in [2.24, 2.45) is 28.9 Å². The van der Waals surface area contributed by atoms with Crippen LogP contribution in [0.25, 0.3) is 20.7 Å². The SMILES string of the molecule is NC(=O)C(C(N)N)C(NCN[C@H]1CCCC[C@H]1N)Nc1ccc(-c2csc3c(=O)cc(N4CCOCC4)oc23)s1. The topological polar surface area (TPSA) is 200 Å². The van der Waals surface area contributed by atoms with Gasteiger partial charge in [-0.25, -0.2) is 0 Å². The van der Waals surface area contributed by atoms with Crippen LogP contribution in [0.3, 0.4) is 0 Å². The first kappa shape index (κ1) is 29.0. The van der Waals surface area contributed by atoms with E-state index in [0.29, 0.717) is 49.1 Å². The van der Waals surface area contributed by atoms with E-state index in [2.05, 4.69) is 16.0 Å². The molecule has 2 fully saturated rings. The van der Waals surface area contributed by atoms with Crippen LogP contribution in [0.4, 0.5) is 10.9 Å². The van der Waals surface area contributed by atoms with Crippen molar-refractivity contribution in [1.82, 2.24) is 10.6 Å². The lowest BCUT2D eigenvalue weighted by atomic mass is 9.91. The molecule has 11 N–H and O–H groups in total. The molecule has 218 valence electrons. The number of anilines is 2. The fourth-order valence-corrected chi connectivity index (χ4v) is 7.24. The summed E-state index contributed by atoms with van der Waals surface area (Å²) in [6.45, 7) is 2.92. The maximum Gasteiger partial charge on any atom is 0.226 e. The summed E-state index contributed by atoms with van der Waals surface area (Å²) in [7, 11) is 0. The molecular formula is C26H38N8O4S2. The second-order valence-corrected chi connectivity index (χ2v) is 12.3. The highest BCUT2D eigenvalue weighted by molar-refractivity contribution is 7.21. The minimum atomic E-state index is -0.965. The van der Waals surface area contributed by atoms with E-state index in [9.17, 15) is 9.59 Å².